The van der Waals surface area contributed by atoms with E-state index in [0.29, 0.717) is 12.3 Å². The molecule has 2 N–H and O–H groups in total. The van der Waals surface area contributed by atoms with Crippen molar-refractivity contribution < 1.29 is 14.3 Å². The molecule has 0 aromatic heterocycles. The molecule has 0 spiro atoms. The molecule has 1 amide bonds. The lowest BCUT2D eigenvalue weighted by molar-refractivity contribution is -0.122. The van der Waals surface area contributed by atoms with Crippen LogP contribution in [0.25, 0.3) is 0 Å². The van der Waals surface area contributed by atoms with Gasteiger partial charge >= 0.3 is 0 Å². The number of carbonyl (C=O) groups is 1. The van der Waals surface area contributed by atoms with Gasteiger partial charge in [0, 0.05) is 12.0 Å². The van der Waals surface area contributed by atoms with Crippen molar-refractivity contribution in [2.24, 2.45) is 5.92 Å². The number of methoxy groups -OCH3 is 2. The van der Waals surface area contributed by atoms with Gasteiger partial charge in [0.1, 0.15) is 11.5 Å². The molecule has 1 aromatic carbocycles. The summed E-state index contributed by atoms with van der Waals surface area (Å²) < 4.78 is 10.6. The zero-order chi connectivity index (χ0) is 15.9. The third-order valence-corrected chi connectivity index (χ3v) is 4.21. The SMILES string of the molecule is COc1ccc(OC)c(C(C)NC(=O)CC2CCNCC2)c1. The Morgan fingerprint density at radius 2 is 2.05 bits per heavy atom. The van der Waals surface area contributed by atoms with Crippen molar-refractivity contribution in [3.63, 3.8) is 0 Å². The molecule has 1 aromatic rings. The maximum atomic E-state index is 12.2. The van der Waals surface area contributed by atoms with Crippen LogP contribution < -0.4 is 20.1 Å². The first-order valence-electron chi connectivity index (χ1n) is 7.86. The van der Waals surface area contributed by atoms with E-state index in [1.54, 1.807) is 14.2 Å². The average molecular weight is 306 g/mol. The third-order valence-electron chi connectivity index (χ3n) is 4.21. The molecule has 122 valence electrons. The van der Waals surface area contributed by atoms with E-state index in [1.165, 1.54) is 0 Å². The lowest BCUT2D eigenvalue weighted by Crippen LogP contribution is -2.33. The molecule has 2 rings (SSSR count). The van der Waals surface area contributed by atoms with Gasteiger partial charge in [-0.2, -0.15) is 0 Å². The molecule has 0 radical (unpaired) electrons. The van der Waals surface area contributed by atoms with Crippen LogP contribution in [0, 0.1) is 5.92 Å². The second kappa shape index (κ2) is 8.03. The minimum absolute atomic E-state index is 0.101. The van der Waals surface area contributed by atoms with Crippen LogP contribution in [0.4, 0.5) is 0 Å². The molecule has 5 heteroatoms. The fourth-order valence-electron chi connectivity index (χ4n) is 2.90. The second-order valence-electron chi connectivity index (χ2n) is 5.79. The maximum Gasteiger partial charge on any atom is 0.220 e. The molecule has 1 fully saturated rings. The largest absolute Gasteiger partial charge is 0.497 e. The van der Waals surface area contributed by atoms with Crippen molar-refractivity contribution in [2.75, 3.05) is 27.3 Å². The highest BCUT2D eigenvalue weighted by molar-refractivity contribution is 5.76. The molecule has 0 aliphatic carbocycles. The van der Waals surface area contributed by atoms with Gasteiger partial charge in [0.2, 0.25) is 5.91 Å². The van der Waals surface area contributed by atoms with Gasteiger partial charge in [-0.1, -0.05) is 0 Å². The Bertz CT molecular complexity index is 499. The first kappa shape index (κ1) is 16.6. The summed E-state index contributed by atoms with van der Waals surface area (Å²) in [6, 6.07) is 5.52. The molecule has 0 saturated carbocycles. The molecule has 0 bridgehead atoms. The summed E-state index contributed by atoms with van der Waals surface area (Å²) in [7, 11) is 3.26. The lowest BCUT2D eigenvalue weighted by Gasteiger charge is -2.23. The van der Waals surface area contributed by atoms with Gasteiger partial charge in [-0.25, -0.2) is 0 Å². The Balaban J connectivity index is 1.98. The molecule has 22 heavy (non-hydrogen) atoms. The Kier molecular flexibility index (Phi) is 6.07. The monoisotopic (exact) mass is 306 g/mol. The van der Waals surface area contributed by atoms with Gasteiger partial charge in [-0.3, -0.25) is 4.79 Å². The number of piperidine rings is 1. The quantitative estimate of drug-likeness (QED) is 0.846. The summed E-state index contributed by atoms with van der Waals surface area (Å²) >= 11 is 0. The number of hydrogen-bond acceptors (Lipinski definition) is 4. The Morgan fingerprint density at radius 3 is 2.68 bits per heavy atom. The van der Waals surface area contributed by atoms with E-state index in [2.05, 4.69) is 10.6 Å². The summed E-state index contributed by atoms with van der Waals surface area (Å²) in [6.45, 7) is 3.99. The lowest BCUT2D eigenvalue weighted by atomic mass is 9.94. The van der Waals surface area contributed by atoms with Crippen molar-refractivity contribution in [2.45, 2.75) is 32.2 Å². The minimum atomic E-state index is -0.112. The van der Waals surface area contributed by atoms with Crippen molar-refractivity contribution in [1.29, 1.82) is 0 Å². The first-order chi connectivity index (χ1) is 10.6. The van der Waals surface area contributed by atoms with Gasteiger partial charge in [0.05, 0.1) is 20.3 Å². The molecule has 1 unspecified atom stereocenters. The molecule has 1 aliphatic heterocycles. The zero-order valence-electron chi connectivity index (χ0n) is 13.6. The Hall–Kier alpha value is -1.75. The van der Waals surface area contributed by atoms with E-state index in [-0.39, 0.29) is 11.9 Å². The summed E-state index contributed by atoms with van der Waals surface area (Å²) in [5, 5.41) is 6.39. The highest BCUT2D eigenvalue weighted by Crippen LogP contribution is 2.29. The maximum absolute atomic E-state index is 12.2. The predicted octanol–water partition coefficient (Wildman–Crippen LogP) is 2.27. The molecule has 1 heterocycles. The number of hydrogen-bond donors (Lipinski definition) is 2. The van der Waals surface area contributed by atoms with Crippen LogP contribution in [-0.2, 0) is 4.79 Å². The predicted molar refractivity (Wildman–Crippen MR) is 86.3 cm³/mol. The fraction of sp³-hybridized carbons (Fsp3) is 0.588. The normalized spacial score (nSPS) is 16.9. The van der Waals surface area contributed by atoms with E-state index < -0.39 is 0 Å². The smallest absolute Gasteiger partial charge is 0.220 e. The minimum Gasteiger partial charge on any atom is -0.497 e. The fourth-order valence-corrected chi connectivity index (χ4v) is 2.90. The number of benzene rings is 1. The van der Waals surface area contributed by atoms with Crippen LogP contribution in [0.1, 0.15) is 37.8 Å². The molecule has 1 atom stereocenters. The highest BCUT2D eigenvalue weighted by atomic mass is 16.5. The zero-order valence-corrected chi connectivity index (χ0v) is 13.6. The topological polar surface area (TPSA) is 59.6 Å². The first-order valence-corrected chi connectivity index (χ1v) is 7.86. The number of rotatable bonds is 6. The van der Waals surface area contributed by atoms with E-state index in [9.17, 15) is 4.79 Å². The van der Waals surface area contributed by atoms with Gasteiger partial charge in [0.25, 0.3) is 0 Å². The van der Waals surface area contributed by atoms with E-state index in [4.69, 9.17) is 9.47 Å². The molecule has 1 saturated heterocycles. The highest BCUT2D eigenvalue weighted by Gasteiger charge is 2.19. The van der Waals surface area contributed by atoms with Crippen molar-refractivity contribution >= 4 is 5.91 Å². The average Bonchev–Trinajstić information content (AvgIpc) is 2.54. The van der Waals surface area contributed by atoms with Crippen molar-refractivity contribution in [3.8, 4) is 11.5 Å². The standard InChI is InChI=1S/C17H26N2O3/c1-12(15-11-14(21-2)4-5-16(15)22-3)19-17(20)10-13-6-8-18-9-7-13/h4-5,11-13,18H,6-10H2,1-3H3,(H,19,20). The number of nitrogens with one attached hydrogen (secondary N) is 2. The van der Waals surface area contributed by atoms with E-state index in [0.717, 1.165) is 43.0 Å². The van der Waals surface area contributed by atoms with Gasteiger partial charge in [-0.15, -0.1) is 0 Å². The molecule has 5 nitrogen and oxygen atoms in total. The Morgan fingerprint density at radius 1 is 1.32 bits per heavy atom. The number of carbonyl (C=O) groups excluding carboxylic acids is 1. The summed E-state index contributed by atoms with van der Waals surface area (Å²) in [5.41, 5.74) is 0.931. The molecular weight excluding hydrogens is 280 g/mol. The van der Waals surface area contributed by atoms with Gasteiger partial charge in [-0.05, 0) is 57.0 Å². The number of amides is 1. The Labute approximate surface area is 132 Å². The van der Waals surface area contributed by atoms with Crippen LogP contribution in [0.5, 0.6) is 11.5 Å². The van der Waals surface area contributed by atoms with Crippen LogP contribution in [0.15, 0.2) is 18.2 Å². The molecular formula is C17H26N2O3. The van der Waals surface area contributed by atoms with E-state index >= 15 is 0 Å². The van der Waals surface area contributed by atoms with Crippen LogP contribution in [0.2, 0.25) is 0 Å². The van der Waals surface area contributed by atoms with Crippen molar-refractivity contribution in [3.05, 3.63) is 23.8 Å². The summed E-state index contributed by atoms with van der Waals surface area (Å²) in [6.07, 6.45) is 2.74. The van der Waals surface area contributed by atoms with Crippen LogP contribution in [0.3, 0.4) is 0 Å². The van der Waals surface area contributed by atoms with E-state index in [1.807, 2.05) is 25.1 Å². The van der Waals surface area contributed by atoms with Gasteiger partial charge in [0.15, 0.2) is 0 Å². The van der Waals surface area contributed by atoms with Crippen LogP contribution in [-0.4, -0.2) is 33.2 Å². The second-order valence-corrected chi connectivity index (χ2v) is 5.79. The summed E-state index contributed by atoms with van der Waals surface area (Å²) in [4.78, 5) is 12.2. The van der Waals surface area contributed by atoms with Gasteiger partial charge < -0.3 is 20.1 Å². The number of ether oxygens (including phenoxy) is 2. The molecule has 1 aliphatic rings. The summed E-state index contributed by atoms with van der Waals surface area (Å²) in [5.74, 6) is 2.11. The van der Waals surface area contributed by atoms with Crippen molar-refractivity contribution in [1.82, 2.24) is 10.6 Å². The third kappa shape index (κ3) is 4.37. The van der Waals surface area contributed by atoms with Crippen LogP contribution >= 0.6 is 0 Å².